The molecule has 3 rings (SSSR count). The maximum atomic E-state index is 12.8. The highest BCUT2D eigenvalue weighted by Crippen LogP contribution is 2.32. The minimum atomic E-state index is -0.476. The molecule has 1 amide bonds. The van der Waals surface area contributed by atoms with E-state index in [1.54, 1.807) is 11.8 Å². The van der Waals surface area contributed by atoms with Crippen LogP contribution in [0.2, 0.25) is 0 Å². The van der Waals surface area contributed by atoms with E-state index in [-0.39, 0.29) is 17.9 Å². The third kappa shape index (κ3) is 5.42. The van der Waals surface area contributed by atoms with Crippen LogP contribution in [-0.2, 0) is 14.9 Å². The van der Waals surface area contributed by atoms with E-state index in [0.29, 0.717) is 21.9 Å². The van der Waals surface area contributed by atoms with Crippen molar-refractivity contribution in [3.63, 3.8) is 0 Å². The number of nitrogens with zero attached hydrogens (tertiary/aromatic N) is 1. The van der Waals surface area contributed by atoms with Crippen molar-refractivity contribution in [1.29, 1.82) is 0 Å². The van der Waals surface area contributed by atoms with Gasteiger partial charge in [0.1, 0.15) is 0 Å². The maximum Gasteiger partial charge on any atom is 0.338 e. The van der Waals surface area contributed by atoms with Crippen LogP contribution in [0.5, 0.6) is 0 Å². The molecule has 0 saturated carbocycles. The van der Waals surface area contributed by atoms with E-state index in [2.05, 4.69) is 31.4 Å². The van der Waals surface area contributed by atoms with Gasteiger partial charge in [0.25, 0.3) is 5.91 Å². The third-order valence-corrected chi connectivity index (χ3v) is 6.13. The fourth-order valence-electron chi connectivity index (χ4n) is 3.68. The van der Waals surface area contributed by atoms with Crippen LogP contribution < -0.4 is 10.6 Å². The monoisotopic (exact) mass is 465 g/mol. The van der Waals surface area contributed by atoms with Gasteiger partial charge in [-0.25, -0.2) is 4.79 Å². The van der Waals surface area contributed by atoms with Crippen LogP contribution in [0.25, 0.3) is 0 Å². The normalized spacial score (nSPS) is 16.4. The van der Waals surface area contributed by atoms with Crippen molar-refractivity contribution in [2.45, 2.75) is 46.1 Å². The van der Waals surface area contributed by atoms with Gasteiger partial charge in [0.15, 0.2) is 5.11 Å². The van der Waals surface area contributed by atoms with Crippen molar-refractivity contribution in [3.05, 3.63) is 76.5 Å². The molecule has 7 heteroatoms. The van der Waals surface area contributed by atoms with Gasteiger partial charge < -0.3 is 20.3 Å². The molecule has 0 bridgehead atoms. The number of rotatable bonds is 5. The topological polar surface area (TPSA) is 70.7 Å². The predicted molar refractivity (Wildman–Crippen MR) is 135 cm³/mol. The second-order valence-corrected chi connectivity index (χ2v) is 9.45. The van der Waals surface area contributed by atoms with Gasteiger partial charge in [-0.3, -0.25) is 4.79 Å². The van der Waals surface area contributed by atoms with Crippen molar-refractivity contribution < 1.29 is 14.3 Å². The standard InChI is InChI=1S/C26H31N3O3S/c1-7-32-24(31)21-16(2)29(6)25(33)28-22(21)18-9-8-10-20(15-18)27-23(30)17-11-13-19(14-12-17)26(3,4)5/h8-15,22H,7H2,1-6H3,(H,27,30)(H,28,33). The number of esters is 1. The molecule has 1 atom stereocenters. The Kier molecular flexibility index (Phi) is 7.22. The Labute approximate surface area is 201 Å². The first kappa shape index (κ1) is 24.5. The Morgan fingerprint density at radius 1 is 1.15 bits per heavy atom. The van der Waals surface area contributed by atoms with E-state index in [0.717, 1.165) is 11.3 Å². The smallest absolute Gasteiger partial charge is 0.338 e. The van der Waals surface area contributed by atoms with E-state index in [1.807, 2.05) is 62.5 Å². The zero-order valence-electron chi connectivity index (χ0n) is 20.0. The molecule has 2 aromatic carbocycles. The Hall–Kier alpha value is -3.19. The van der Waals surface area contributed by atoms with Gasteiger partial charge in [0.05, 0.1) is 18.2 Å². The molecular formula is C26H31N3O3S. The molecule has 1 unspecified atom stereocenters. The first-order chi connectivity index (χ1) is 15.5. The molecule has 1 aliphatic heterocycles. The van der Waals surface area contributed by atoms with Crippen LogP contribution >= 0.6 is 12.2 Å². The van der Waals surface area contributed by atoms with Gasteiger partial charge in [0.2, 0.25) is 0 Å². The Bertz CT molecular complexity index is 1100. The fourth-order valence-corrected chi connectivity index (χ4v) is 3.93. The number of ether oxygens (including phenoxy) is 1. The number of carbonyl (C=O) groups excluding carboxylic acids is 2. The first-order valence-electron chi connectivity index (χ1n) is 11.0. The first-order valence-corrected chi connectivity index (χ1v) is 11.4. The molecule has 33 heavy (non-hydrogen) atoms. The van der Waals surface area contributed by atoms with Crippen LogP contribution in [0.3, 0.4) is 0 Å². The van der Waals surface area contributed by atoms with E-state index in [9.17, 15) is 9.59 Å². The number of anilines is 1. The molecular weight excluding hydrogens is 434 g/mol. The van der Waals surface area contributed by atoms with Crippen LogP contribution in [0, 0.1) is 0 Å². The second-order valence-electron chi connectivity index (χ2n) is 9.07. The number of nitrogens with one attached hydrogen (secondary N) is 2. The lowest BCUT2D eigenvalue weighted by Gasteiger charge is -2.35. The number of hydrogen-bond donors (Lipinski definition) is 2. The Balaban J connectivity index is 1.87. The van der Waals surface area contributed by atoms with Crippen molar-refractivity contribution in [2.24, 2.45) is 0 Å². The maximum absolute atomic E-state index is 12.8. The molecule has 0 aromatic heterocycles. The zero-order valence-corrected chi connectivity index (χ0v) is 20.8. The molecule has 1 aliphatic rings. The summed E-state index contributed by atoms with van der Waals surface area (Å²) < 4.78 is 5.30. The average Bonchev–Trinajstić information content (AvgIpc) is 2.77. The van der Waals surface area contributed by atoms with E-state index in [4.69, 9.17) is 17.0 Å². The second kappa shape index (κ2) is 9.75. The van der Waals surface area contributed by atoms with Crippen LogP contribution in [0.1, 0.15) is 62.1 Å². The largest absolute Gasteiger partial charge is 0.463 e. The van der Waals surface area contributed by atoms with Crippen molar-refractivity contribution >= 4 is 34.9 Å². The molecule has 0 aliphatic carbocycles. The highest BCUT2D eigenvalue weighted by Gasteiger charge is 2.33. The summed E-state index contributed by atoms with van der Waals surface area (Å²) in [5.74, 6) is -0.591. The molecule has 2 aromatic rings. The minimum absolute atomic E-state index is 0.0211. The van der Waals surface area contributed by atoms with E-state index < -0.39 is 12.0 Å². The number of hydrogen-bond acceptors (Lipinski definition) is 4. The number of amides is 1. The van der Waals surface area contributed by atoms with E-state index in [1.165, 1.54) is 5.56 Å². The van der Waals surface area contributed by atoms with Crippen molar-refractivity contribution in [2.75, 3.05) is 19.0 Å². The lowest BCUT2D eigenvalue weighted by molar-refractivity contribution is -0.139. The molecule has 0 saturated heterocycles. The quantitative estimate of drug-likeness (QED) is 0.482. The van der Waals surface area contributed by atoms with Gasteiger partial charge in [-0.05, 0) is 66.9 Å². The minimum Gasteiger partial charge on any atom is -0.463 e. The van der Waals surface area contributed by atoms with Crippen LogP contribution in [0.15, 0.2) is 59.8 Å². The number of thiocarbonyl (C=S) groups is 1. The molecule has 0 radical (unpaired) electrons. The molecule has 6 nitrogen and oxygen atoms in total. The number of benzene rings is 2. The Morgan fingerprint density at radius 2 is 1.82 bits per heavy atom. The fraction of sp³-hybridized carbons (Fsp3) is 0.346. The summed E-state index contributed by atoms with van der Waals surface area (Å²) in [6.07, 6.45) is 0. The predicted octanol–water partition coefficient (Wildman–Crippen LogP) is 4.93. The molecule has 2 N–H and O–H groups in total. The zero-order chi connectivity index (χ0) is 24.3. The van der Waals surface area contributed by atoms with Gasteiger partial charge in [-0.15, -0.1) is 0 Å². The summed E-state index contributed by atoms with van der Waals surface area (Å²) in [6, 6.07) is 14.6. The highest BCUT2D eigenvalue weighted by molar-refractivity contribution is 7.80. The summed E-state index contributed by atoms with van der Waals surface area (Å²) in [5, 5.41) is 6.69. The molecule has 1 heterocycles. The lowest BCUT2D eigenvalue weighted by atomic mass is 9.86. The van der Waals surface area contributed by atoms with E-state index >= 15 is 0 Å². The summed E-state index contributed by atoms with van der Waals surface area (Å²) in [6.45, 7) is 10.3. The average molecular weight is 466 g/mol. The van der Waals surface area contributed by atoms with Crippen LogP contribution in [0.4, 0.5) is 5.69 Å². The molecule has 0 spiro atoms. The summed E-state index contributed by atoms with van der Waals surface area (Å²) in [7, 11) is 1.81. The summed E-state index contributed by atoms with van der Waals surface area (Å²) in [4.78, 5) is 27.3. The molecule has 0 fully saturated rings. The highest BCUT2D eigenvalue weighted by atomic mass is 32.1. The third-order valence-electron chi connectivity index (χ3n) is 5.74. The van der Waals surface area contributed by atoms with Gasteiger partial charge in [-0.2, -0.15) is 0 Å². The Morgan fingerprint density at radius 3 is 2.42 bits per heavy atom. The van der Waals surface area contributed by atoms with Crippen LogP contribution in [-0.4, -0.2) is 35.5 Å². The number of allylic oxidation sites excluding steroid dienone is 1. The van der Waals surface area contributed by atoms with Gasteiger partial charge in [-0.1, -0.05) is 45.0 Å². The van der Waals surface area contributed by atoms with Gasteiger partial charge in [0, 0.05) is 24.0 Å². The number of carbonyl (C=O) groups is 2. The van der Waals surface area contributed by atoms with Crippen molar-refractivity contribution in [1.82, 2.24) is 10.2 Å². The summed E-state index contributed by atoms with van der Waals surface area (Å²) in [5.41, 5.74) is 4.42. The summed E-state index contributed by atoms with van der Waals surface area (Å²) >= 11 is 5.45. The van der Waals surface area contributed by atoms with Gasteiger partial charge >= 0.3 is 5.97 Å². The molecule has 174 valence electrons. The lowest BCUT2D eigenvalue weighted by Crippen LogP contribution is -2.46. The van der Waals surface area contributed by atoms with Crippen molar-refractivity contribution in [3.8, 4) is 0 Å². The SMILES string of the molecule is CCOC(=O)C1=C(C)N(C)C(=S)NC1c1cccc(NC(=O)c2ccc(C(C)(C)C)cc2)c1.